The van der Waals surface area contributed by atoms with E-state index in [1.165, 1.54) is 42.4 Å². The second kappa shape index (κ2) is 12.4. The Hall–Kier alpha value is -7.21. The van der Waals surface area contributed by atoms with Crippen molar-refractivity contribution in [2.24, 2.45) is 0 Å². The molecule has 266 valence electrons. The summed E-state index contributed by atoms with van der Waals surface area (Å²) in [7, 11) is 0. The highest BCUT2D eigenvalue weighted by atomic mass is 32.1. The lowest BCUT2D eigenvalue weighted by atomic mass is 9.66. The van der Waals surface area contributed by atoms with E-state index in [1.54, 1.807) is 11.3 Å². The van der Waals surface area contributed by atoms with Crippen molar-refractivity contribution in [2.75, 3.05) is 0 Å². The lowest BCUT2D eigenvalue weighted by Crippen LogP contribution is -2.32. The predicted octanol–water partition coefficient (Wildman–Crippen LogP) is 13.4. The van der Waals surface area contributed by atoms with E-state index in [2.05, 4.69) is 158 Å². The number of rotatable bonds is 4. The van der Waals surface area contributed by atoms with Gasteiger partial charge in [-0.2, -0.15) is 0 Å². The maximum absolute atomic E-state index is 6.82. The summed E-state index contributed by atoms with van der Waals surface area (Å²) in [5.41, 5.74) is 11.8. The zero-order chi connectivity index (χ0) is 37.5. The Morgan fingerprint density at radius 3 is 1.68 bits per heavy atom. The monoisotopic (exact) mass is 745 g/mol. The lowest BCUT2D eigenvalue weighted by Gasteiger charge is -2.39. The van der Waals surface area contributed by atoms with Crippen molar-refractivity contribution in [3.8, 4) is 67.9 Å². The zero-order valence-corrected chi connectivity index (χ0v) is 31.4. The molecule has 2 aliphatic rings. The number of aromatic nitrogens is 3. The Bertz CT molecular complexity index is 3200. The number of hydrogen-bond donors (Lipinski definition) is 0. The highest BCUT2D eigenvalue weighted by Crippen LogP contribution is 2.62. The molecule has 12 rings (SSSR count). The first kappa shape index (κ1) is 32.1. The number of nitrogens with zero attached hydrogens (tertiary/aromatic N) is 3. The zero-order valence-electron chi connectivity index (χ0n) is 30.6. The molecule has 8 aromatic carbocycles. The van der Waals surface area contributed by atoms with E-state index < -0.39 is 5.41 Å². The van der Waals surface area contributed by atoms with E-state index in [4.69, 9.17) is 19.7 Å². The van der Waals surface area contributed by atoms with Crippen molar-refractivity contribution < 1.29 is 4.74 Å². The van der Waals surface area contributed by atoms with Gasteiger partial charge in [0.25, 0.3) is 0 Å². The van der Waals surface area contributed by atoms with E-state index in [0.29, 0.717) is 17.5 Å². The molecule has 1 spiro atoms. The van der Waals surface area contributed by atoms with E-state index in [1.807, 2.05) is 30.3 Å². The average Bonchev–Trinajstić information content (AvgIpc) is 3.80. The molecule has 0 bridgehead atoms. The van der Waals surface area contributed by atoms with Crippen molar-refractivity contribution in [1.29, 1.82) is 0 Å². The smallest absolute Gasteiger partial charge is 0.164 e. The van der Waals surface area contributed by atoms with Crippen LogP contribution in [0.3, 0.4) is 0 Å². The molecule has 57 heavy (non-hydrogen) atoms. The summed E-state index contributed by atoms with van der Waals surface area (Å²) in [5, 5.41) is 2.52. The SMILES string of the molecule is c1ccc(-c2nc(-c3cccc(-c4ccc5c(c4)Oc4ccccc4C54c5ccccc5-c5ccccc54)c3)nc(-c3ccc4c(c3)sc3ccccc34)n2)cc1. The molecule has 3 heterocycles. The Morgan fingerprint density at radius 1 is 0.351 bits per heavy atom. The third-order valence-electron chi connectivity index (χ3n) is 11.6. The van der Waals surface area contributed by atoms with Crippen LogP contribution in [0.5, 0.6) is 11.5 Å². The van der Waals surface area contributed by atoms with Gasteiger partial charge in [0.15, 0.2) is 17.5 Å². The topological polar surface area (TPSA) is 47.9 Å². The highest BCUT2D eigenvalue weighted by Gasteiger charge is 2.50. The number of para-hydroxylation sites is 1. The molecule has 2 aromatic heterocycles. The first-order valence-corrected chi connectivity index (χ1v) is 20.0. The lowest BCUT2D eigenvalue weighted by molar-refractivity contribution is 0.436. The van der Waals surface area contributed by atoms with Crippen molar-refractivity contribution >= 4 is 31.5 Å². The number of ether oxygens (including phenoxy) is 1. The molecule has 4 nitrogen and oxygen atoms in total. The summed E-state index contributed by atoms with van der Waals surface area (Å²) >= 11 is 1.80. The van der Waals surface area contributed by atoms with Crippen molar-refractivity contribution in [1.82, 2.24) is 15.0 Å². The first-order chi connectivity index (χ1) is 28.2. The number of benzene rings is 8. The summed E-state index contributed by atoms with van der Waals surface area (Å²) < 4.78 is 9.30. The van der Waals surface area contributed by atoms with Gasteiger partial charge in [-0.3, -0.25) is 0 Å². The van der Waals surface area contributed by atoms with Gasteiger partial charge in [0.2, 0.25) is 0 Å². The van der Waals surface area contributed by atoms with Gasteiger partial charge in [-0.15, -0.1) is 11.3 Å². The molecule has 0 amide bonds. The molecule has 10 aromatic rings. The quantitative estimate of drug-likeness (QED) is 0.180. The van der Waals surface area contributed by atoms with Crippen LogP contribution < -0.4 is 4.74 Å². The average molecular weight is 746 g/mol. The Labute approximate surface area is 333 Å². The van der Waals surface area contributed by atoms with Crippen molar-refractivity contribution in [3.05, 3.63) is 210 Å². The van der Waals surface area contributed by atoms with E-state index in [9.17, 15) is 0 Å². The van der Waals surface area contributed by atoms with Gasteiger partial charge in [-0.05, 0) is 63.7 Å². The molecule has 0 radical (unpaired) electrons. The molecular formula is C52H31N3OS. The van der Waals surface area contributed by atoms with Crippen LogP contribution in [0.15, 0.2) is 188 Å². The van der Waals surface area contributed by atoms with Gasteiger partial charge in [0, 0.05) is 48.0 Å². The van der Waals surface area contributed by atoms with Crippen LogP contribution in [0.2, 0.25) is 0 Å². The Morgan fingerprint density at radius 2 is 0.895 bits per heavy atom. The summed E-state index contributed by atoms with van der Waals surface area (Å²) in [6, 6.07) is 66.6. The molecule has 0 N–H and O–H groups in total. The van der Waals surface area contributed by atoms with E-state index in [0.717, 1.165) is 50.4 Å². The minimum absolute atomic E-state index is 0.494. The molecule has 0 unspecified atom stereocenters. The number of hydrogen-bond acceptors (Lipinski definition) is 5. The maximum Gasteiger partial charge on any atom is 0.164 e. The third kappa shape index (κ3) is 4.82. The van der Waals surface area contributed by atoms with Crippen LogP contribution in [-0.4, -0.2) is 15.0 Å². The van der Waals surface area contributed by atoms with Gasteiger partial charge in [0.05, 0.1) is 5.41 Å². The van der Waals surface area contributed by atoms with Gasteiger partial charge in [-0.1, -0.05) is 158 Å². The van der Waals surface area contributed by atoms with Crippen LogP contribution >= 0.6 is 11.3 Å². The van der Waals surface area contributed by atoms with Crippen molar-refractivity contribution in [3.63, 3.8) is 0 Å². The molecule has 0 atom stereocenters. The Kier molecular flexibility index (Phi) is 6.98. The molecule has 0 saturated heterocycles. The van der Waals surface area contributed by atoms with Crippen LogP contribution in [0.1, 0.15) is 22.3 Å². The summed E-state index contributed by atoms with van der Waals surface area (Å²) in [6.07, 6.45) is 0. The minimum Gasteiger partial charge on any atom is -0.457 e. The second-order valence-electron chi connectivity index (χ2n) is 14.7. The van der Waals surface area contributed by atoms with Crippen LogP contribution in [-0.2, 0) is 5.41 Å². The second-order valence-corrected chi connectivity index (χ2v) is 15.8. The molecule has 5 heteroatoms. The fourth-order valence-electron chi connectivity index (χ4n) is 9.09. The highest BCUT2D eigenvalue weighted by molar-refractivity contribution is 7.25. The van der Waals surface area contributed by atoms with Gasteiger partial charge >= 0.3 is 0 Å². The normalized spacial score (nSPS) is 13.2. The largest absolute Gasteiger partial charge is 0.457 e. The number of thiophene rings is 1. The third-order valence-corrected chi connectivity index (χ3v) is 12.7. The van der Waals surface area contributed by atoms with Crippen molar-refractivity contribution in [2.45, 2.75) is 5.41 Å². The first-order valence-electron chi connectivity index (χ1n) is 19.2. The van der Waals surface area contributed by atoms with Gasteiger partial charge in [-0.25, -0.2) is 15.0 Å². The standard InChI is InChI=1S/C52H31N3OS/c1-2-13-32(14-3-1)49-53-50(55-51(54-49)36-25-27-40-39-19-6-11-24-47(39)57-48(40)31-36)35-16-12-15-33(29-35)34-26-28-44-46(30-34)56-45-23-10-9-22-43(45)52(44)41-20-7-4-17-37(41)38-18-5-8-21-42(38)52/h1-31H. The maximum atomic E-state index is 6.82. The summed E-state index contributed by atoms with van der Waals surface area (Å²) in [4.78, 5) is 15.3. The predicted molar refractivity (Wildman–Crippen MR) is 232 cm³/mol. The van der Waals surface area contributed by atoms with Crippen LogP contribution in [0.4, 0.5) is 0 Å². The number of fused-ring (bicyclic) bond motifs is 12. The molecule has 0 saturated carbocycles. The van der Waals surface area contributed by atoms with E-state index >= 15 is 0 Å². The minimum atomic E-state index is -0.494. The molecule has 1 aliphatic heterocycles. The molecule has 1 aliphatic carbocycles. The van der Waals surface area contributed by atoms with Crippen LogP contribution in [0, 0.1) is 0 Å². The molecule has 0 fully saturated rings. The Balaban J connectivity index is 0.994. The van der Waals surface area contributed by atoms with E-state index in [-0.39, 0.29) is 0 Å². The van der Waals surface area contributed by atoms with Gasteiger partial charge < -0.3 is 4.74 Å². The fourth-order valence-corrected chi connectivity index (χ4v) is 10.2. The fraction of sp³-hybridized carbons (Fsp3) is 0.0192. The van der Waals surface area contributed by atoms with Gasteiger partial charge in [0.1, 0.15) is 11.5 Å². The molecular weight excluding hydrogens is 715 g/mol. The van der Waals surface area contributed by atoms with Crippen LogP contribution in [0.25, 0.3) is 76.6 Å². The summed E-state index contributed by atoms with van der Waals surface area (Å²) in [5.74, 6) is 3.64. The summed E-state index contributed by atoms with van der Waals surface area (Å²) in [6.45, 7) is 0.